The lowest BCUT2D eigenvalue weighted by molar-refractivity contribution is 0.169. The van der Waals surface area contributed by atoms with Crippen LogP contribution in [0.15, 0.2) is 90.2 Å². The second kappa shape index (κ2) is 8.32. The Hall–Kier alpha value is -4.31. The number of halogens is 2. The van der Waals surface area contributed by atoms with Crippen molar-refractivity contribution in [2.75, 3.05) is 12.1 Å². The average Bonchev–Trinajstić information content (AvgIpc) is 3.52. The molecule has 5 rings (SSSR count). The smallest absolute Gasteiger partial charge is 0.158 e. The highest BCUT2D eigenvalue weighted by atomic mass is 19.1. The Morgan fingerprint density at radius 3 is 2.52 bits per heavy atom. The van der Waals surface area contributed by atoms with E-state index in [2.05, 4.69) is 15.3 Å². The summed E-state index contributed by atoms with van der Waals surface area (Å²) in [4.78, 5) is 0. The van der Waals surface area contributed by atoms with Crippen molar-refractivity contribution in [3.63, 3.8) is 0 Å². The highest BCUT2D eigenvalue weighted by Gasteiger charge is 2.30. The van der Waals surface area contributed by atoms with Crippen molar-refractivity contribution < 1.29 is 18.6 Å². The van der Waals surface area contributed by atoms with Crippen molar-refractivity contribution in [2.24, 2.45) is 5.10 Å². The predicted octanol–water partition coefficient (Wildman–Crippen LogP) is 3.41. The Labute approximate surface area is 187 Å². The SMILES string of the molecule is COC1=CN(c2ccc(-n3cccn3)cc2F)N=C(c2ccnn2-c2ccccc2F)C1O. The van der Waals surface area contributed by atoms with E-state index >= 15 is 4.39 Å². The average molecular weight is 448 g/mol. The fourth-order valence-corrected chi connectivity index (χ4v) is 3.56. The largest absolute Gasteiger partial charge is 0.496 e. The Morgan fingerprint density at radius 1 is 0.939 bits per heavy atom. The topological polar surface area (TPSA) is 80.7 Å². The summed E-state index contributed by atoms with van der Waals surface area (Å²) in [5.74, 6) is -0.915. The standard InChI is InChI=1S/C23H18F2N6O2/c1-33-21-14-30(18-8-7-15(13-17(18)25)29-12-4-10-26-29)28-22(23(21)32)20-9-11-27-31(20)19-6-3-2-5-16(19)24/h2-14,23,32H,1H3. The van der Waals surface area contributed by atoms with E-state index in [1.165, 1.54) is 46.0 Å². The third-order valence-corrected chi connectivity index (χ3v) is 5.16. The van der Waals surface area contributed by atoms with Crippen LogP contribution in [0.5, 0.6) is 0 Å². The van der Waals surface area contributed by atoms with Gasteiger partial charge in [0.1, 0.15) is 28.7 Å². The molecule has 0 saturated heterocycles. The van der Waals surface area contributed by atoms with Crippen LogP contribution in [0.1, 0.15) is 5.69 Å². The Kier molecular flexibility index (Phi) is 5.19. The number of hydrazone groups is 1. The molecule has 4 aromatic rings. The molecule has 1 unspecified atom stereocenters. The molecule has 2 aromatic heterocycles. The number of hydrogen-bond donors (Lipinski definition) is 1. The van der Waals surface area contributed by atoms with E-state index < -0.39 is 17.7 Å². The van der Waals surface area contributed by atoms with Crippen LogP contribution in [-0.4, -0.2) is 43.6 Å². The monoisotopic (exact) mass is 448 g/mol. The fraction of sp³-hybridized carbons (Fsp3) is 0.0870. The number of aromatic nitrogens is 4. The highest BCUT2D eigenvalue weighted by Crippen LogP contribution is 2.28. The molecule has 0 bridgehead atoms. The number of anilines is 1. The molecule has 1 N–H and O–H groups in total. The van der Waals surface area contributed by atoms with Gasteiger partial charge < -0.3 is 9.84 Å². The van der Waals surface area contributed by atoms with Gasteiger partial charge in [-0.05, 0) is 36.4 Å². The maximum Gasteiger partial charge on any atom is 0.158 e. The van der Waals surface area contributed by atoms with Crippen LogP contribution in [0.3, 0.4) is 0 Å². The highest BCUT2D eigenvalue weighted by molar-refractivity contribution is 6.05. The van der Waals surface area contributed by atoms with Gasteiger partial charge in [0.2, 0.25) is 0 Å². The summed E-state index contributed by atoms with van der Waals surface area (Å²) in [6, 6.07) is 14.0. The minimum atomic E-state index is -1.26. The number of aliphatic hydroxyl groups is 1. The van der Waals surface area contributed by atoms with Crippen molar-refractivity contribution >= 4 is 11.4 Å². The molecule has 0 saturated carbocycles. The molecule has 0 fully saturated rings. The summed E-state index contributed by atoms with van der Waals surface area (Å²) in [6.07, 6.45) is 4.89. The van der Waals surface area contributed by atoms with E-state index in [0.717, 1.165) is 0 Å². The number of ether oxygens (including phenoxy) is 1. The molecule has 0 aliphatic carbocycles. The van der Waals surface area contributed by atoms with Gasteiger partial charge in [0.15, 0.2) is 11.9 Å². The summed E-state index contributed by atoms with van der Waals surface area (Å²) >= 11 is 0. The molecule has 8 nitrogen and oxygen atoms in total. The quantitative estimate of drug-likeness (QED) is 0.506. The lowest BCUT2D eigenvalue weighted by Crippen LogP contribution is -2.34. The summed E-state index contributed by atoms with van der Waals surface area (Å²) in [5.41, 5.74) is 1.29. The second-order valence-corrected chi connectivity index (χ2v) is 7.13. The molecule has 0 amide bonds. The molecule has 2 aromatic carbocycles. The van der Waals surface area contributed by atoms with E-state index in [-0.39, 0.29) is 22.8 Å². The van der Waals surface area contributed by atoms with Gasteiger partial charge in [0, 0.05) is 18.5 Å². The molecule has 0 radical (unpaired) electrons. The Morgan fingerprint density at radius 2 is 1.79 bits per heavy atom. The first-order valence-electron chi connectivity index (χ1n) is 9.97. The minimum Gasteiger partial charge on any atom is -0.496 e. The van der Waals surface area contributed by atoms with Gasteiger partial charge in [-0.25, -0.2) is 23.2 Å². The molecule has 166 valence electrons. The number of aliphatic hydroxyl groups excluding tert-OH is 1. The fourth-order valence-electron chi connectivity index (χ4n) is 3.56. The molecule has 1 atom stereocenters. The minimum absolute atomic E-state index is 0.116. The van der Waals surface area contributed by atoms with E-state index in [9.17, 15) is 9.50 Å². The van der Waals surface area contributed by atoms with Gasteiger partial charge >= 0.3 is 0 Å². The first kappa shape index (κ1) is 20.6. The van der Waals surface area contributed by atoms with Gasteiger partial charge in [-0.3, -0.25) is 0 Å². The van der Waals surface area contributed by atoms with E-state index in [0.29, 0.717) is 11.4 Å². The third-order valence-electron chi connectivity index (χ3n) is 5.16. The number of nitrogens with zero attached hydrogens (tertiary/aromatic N) is 6. The first-order valence-corrected chi connectivity index (χ1v) is 9.97. The summed E-state index contributed by atoms with van der Waals surface area (Å²) in [7, 11) is 1.39. The van der Waals surface area contributed by atoms with Crippen LogP contribution in [0.2, 0.25) is 0 Å². The molecule has 3 heterocycles. The van der Waals surface area contributed by atoms with Gasteiger partial charge in [-0.2, -0.15) is 15.3 Å². The van der Waals surface area contributed by atoms with Gasteiger partial charge in [-0.1, -0.05) is 12.1 Å². The second-order valence-electron chi connectivity index (χ2n) is 7.13. The zero-order chi connectivity index (χ0) is 22.9. The zero-order valence-electron chi connectivity index (χ0n) is 17.4. The molecular formula is C23H18F2N6O2. The van der Waals surface area contributed by atoms with Gasteiger partial charge in [0.05, 0.1) is 30.9 Å². The summed E-state index contributed by atoms with van der Waals surface area (Å²) < 4.78 is 37.7. The Balaban J connectivity index is 1.59. The van der Waals surface area contributed by atoms with E-state index in [4.69, 9.17) is 4.74 Å². The summed E-state index contributed by atoms with van der Waals surface area (Å²) in [5, 5.41) is 24.8. The van der Waals surface area contributed by atoms with Crippen LogP contribution in [0.25, 0.3) is 11.4 Å². The third kappa shape index (κ3) is 3.66. The summed E-state index contributed by atoms with van der Waals surface area (Å²) in [6.45, 7) is 0. The Bertz CT molecular complexity index is 1360. The predicted molar refractivity (Wildman–Crippen MR) is 117 cm³/mol. The number of rotatable bonds is 5. The number of hydrogen-bond acceptors (Lipinski definition) is 6. The maximum absolute atomic E-state index is 15.1. The zero-order valence-corrected chi connectivity index (χ0v) is 17.4. The van der Waals surface area contributed by atoms with Gasteiger partial charge in [-0.15, -0.1) is 0 Å². The number of para-hydroxylation sites is 1. The van der Waals surface area contributed by atoms with Crippen molar-refractivity contribution in [1.29, 1.82) is 0 Å². The number of methoxy groups -OCH3 is 1. The first-order chi connectivity index (χ1) is 16.1. The van der Waals surface area contributed by atoms with Crippen molar-refractivity contribution in [3.05, 3.63) is 102 Å². The lowest BCUT2D eigenvalue weighted by Gasteiger charge is -2.27. The molecule has 33 heavy (non-hydrogen) atoms. The lowest BCUT2D eigenvalue weighted by atomic mass is 10.1. The van der Waals surface area contributed by atoms with E-state index in [1.807, 2.05) is 0 Å². The molecule has 1 aliphatic heterocycles. The molecular weight excluding hydrogens is 430 g/mol. The van der Waals surface area contributed by atoms with Crippen LogP contribution >= 0.6 is 0 Å². The van der Waals surface area contributed by atoms with Crippen LogP contribution in [0.4, 0.5) is 14.5 Å². The molecule has 0 spiro atoms. The maximum atomic E-state index is 15.1. The van der Waals surface area contributed by atoms with Crippen LogP contribution in [-0.2, 0) is 4.74 Å². The normalized spacial score (nSPS) is 15.9. The van der Waals surface area contributed by atoms with Crippen molar-refractivity contribution in [2.45, 2.75) is 6.10 Å². The number of benzene rings is 2. The van der Waals surface area contributed by atoms with Crippen LogP contribution < -0.4 is 5.01 Å². The molecule has 1 aliphatic rings. The van der Waals surface area contributed by atoms with Crippen molar-refractivity contribution in [3.8, 4) is 11.4 Å². The van der Waals surface area contributed by atoms with Crippen LogP contribution in [0, 0.1) is 11.6 Å². The van der Waals surface area contributed by atoms with E-state index in [1.54, 1.807) is 54.9 Å². The van der Waals surface area contributed by atoms with Gasteiger partial charge in [0.25, 0.3) is 0 Å². The molecule has 10 heteroatoms. The van der Waals surface area contributed by atoms with Crippen molar-refractivity contribution in [1.82, 2.24) is 19.6 Å².